The number of nitro groups is 1. The van der Waals surface area contributed by atoms with E-state index >= 15 is 0 Å². The molecule has 156 valence electrons. The lowest BCUT2D eigenvalue weighted by molar-refractivity contribution is -0.384. The molecule has 0 radical (unpaired) electrons. The fraction of sp³-hybridized carbons (Fsp3) is 0.579. The summed E-state index contributed by atoms with van der Waals surface area (Å²) in [5, 5.41) is 19.3. The van der Waals surface area contributed by atoms with Crippen LogP contribution in [-0.2, 0) is 10.0 Å². The minimum Gasteiger partial charge on any atom is -0.425 e. The van der Waals surface area contributed by atoms with E-state index in [1.54, 1.807) is 0 Å². The molecule has 0 bridgehead atoms. The van der Waals surface area contributed by atoms with Gasteiger partial charge in [0.25, 0.3) is 5.69 Å². The van der Waals surface area contributed by atoms with Gasteiger partial charge in [0, 0.05) is 31.1 Å². The molecule has 0 N–H and O–H groups in total. The number of non-ortho nitro benzene ring substituents is 1. The average molecular weight is 420 g/mol. The minimum atomic E-state index is -3.74. The summed E-state index contributed by atoms with van der Waals surface area (Å²) < 4.78 is 33.3. The lowest BCUT2D eigenvalue weighted by atomic mass is 9.89. The SMILES string of the molecule is O=[N+]([O-])c1ccc(S(=O)(=O)N2CCCC(c3nnc(C4CCCCC4)o3)C2)cc1. The Hall–Kier alpha value is -2.33. The summed E-state index contributed by atoms with van der Waals surface area (Å²) in [5.74, 6) is 1.36. The molecule has 1 saturated heterocycles. The van der Waals surface area contributed by atoms with Crippen LogP contribution in [0.5, 0.6) is 0 Å². The highest BCUT2D eigenvalue weighted by Crippen LogP contribution is 2.35. The van der Waals surface area contributed by atoms with Crippen LogP contribution >= 0.6 is 0 Å². The number of aromatic nitrogens is 2. The fourth-order valence-corrected chi connectivity index (χ4v) is 5.70. The molecule has 4 rings (SSSR count). The van der Waals surface area contributed by atoms with Crippen LogP contribution in [-0.4, -0.2) is 40.9 Å². The van der Waals surface area contributed by atoms with Crippen LogP contribution in [0.15, 0.2) is 33.6 Å². The van der Waals surface area contributed by atoms with E-state index in [-0.39, 0.29) is 23.0 Å². The van der Waals surface area contributed by atoms with Gasteiger partial charge in [0.1, 0.15) is 0 Å². The second-order valence-corrected chi connectivity index (χ2v) is 9.70. The molecule has 1 unspecified atom stereocenters. The summed E-state index contributed by atoms with van der Waals surface area (Å²) in [6.45, 7) is 0.672. The highest BCUT2D eigenvalue weighted by atomic mass is 32.2. The van der Waals surface area contributed by atoms with E-state index < -0.39 is 14.9 Å². The van der Waals surface area contributed by atoms with E-state index in [1.165, 1.54) is 47.8 Å². The first-order chi connectivity index (χ1) is 13.9. The van der Waals surface area contributed by atoms with Gasteiger partial charge in [0.05, 0.1) is 15.7 Å². The number of hydrogen-bond acceptors (Lipinski definition) is 7. The predicted octanol–water partition coefficient (Wildman–Crippen LogP) is 3.59. The lowest BCUT2D eigenvalue weighted by Gasteiger charge is -2.30. The summed E-state index contributed by atoms with van der Waals surface area (Å²) >= 11 is 0. The third-order valence-corrected chi connectivity index (χ3v) is 7.71. The van der Waals surface area contributed by atoms with E-state index in [0.717, 1.165) is 19.3 Å². The van der Waals surface area contributed by atoms with Crippen molar-refractivity contribution in [1.82, 2.24) is 14.5 Å². The van der Waals surface area contributed by atoms with Gasteiger partial charge in [-0.1, -0.05) is 19.3 Å². The molecule has 1 aromatic heterocycles. The normalized spacial score (nSPS) is 21.9. The zero-order valence-electron chi connectivity index (χ0n) is 16.1. The van der Waals surface area contributed by atoms with Crippen molar-refractivity contribution in [1.29, 1.82) is 0 Å². The first kappa shape index (κ1) is 20.0. The van der Waals surface area contributed by atoms with Crippen LogP contribution in [0, 0.1) is 10.1 Å². The molecule has 1 aliphatic carbocycles. The quantitative estimate of drug-likeness (QED) is 0.535. The third kappa shape index (κ3) is 4.18. The van der Waals surface area contributed by atoms with Crippen molar-refractivity contribution in [3.05, 3.63) is 46.2 Å². The van der Waals surface area contributed by atoms with Crippen LogP contribution in [0.1, 0.15) is 68.6 Å². The van der Waals surface area contributed by atoms with Crippen LogP contribution in [0.4, 0.5) is 5.69 Å². The molecule has 1 saturated carbocycles. The van der Waals surface area contributed by atoms with Crippen LogP contribution in [0.3, 0.4) is 0 Å². The fourth-order valence-electron chi connectivity index (χ4n) is 4.18. The monoisotopic (exact) mass is 420 g/mol. The first-order valence-electron chi connectivity index (χ1n) is 10.0. The van der Waals surface area contributed by atoms with Crippen LogP contribution in [0.25, 0.3) is 0 Å². The van der Waals surface area contributed by atoms with Gasteiger partial charge < -0.3 is 4.42 Å². The largest absolute Gasteiger partial charge is 0.425 e. The van der Waals surface area contributed by atoms with Crippen molar-refractivity contribution in [2.75, 3.05) is 13.1 Å². The number of nitro benzene ring substituents is 1. The van der Waals surface area contributed by atoms with Gasteiger partial charge in [-0.15, -0.1) is 10.2 Å². The molecule has 29 heavy (non-hydrogen) atoms. The highest BCUT2D eigenvalue weighted by Gasteiger charge is 2.34. The minimum absolute atomic E-state index is 0.0529. The highest BCUT2D eigenvalue weighted by molar-refractivity contribution is 7.89. The van der Waals surface area contributed by atoms with Crippen molar-refractivity contribution < 1.29 is 17.8 Å². The van der Waals surface area contributed by atoms with Gasteiger partial charge >= 0.3 is 0 Å². The zero-order valence-corrected chi connectivity index (χ0v) is 16.9. The standard InChI is InChI=1S/C19H24N4O5S/c24-23(25)16-8-10-17(11-9-16)29(26,27)22-12-4-7-15(13-22)19-21-20-18(28-19)14-5-2-1-3-6-14/h8-11,14-15H,1-7,12-13H2. The molecule has 2 aromatic rings. The summed E-state index contributed by atoms with van der Waals surface area (Å²) in [4.78, 5) is 10.3. The molecule has 10 heteroatoms. The van der Waals surface area contributed by atoms with E-state index in [0.29, 0.717) is 30.7 Å². The summed E-state index contributed by atoms with van der Waals surface area (Å²) in [6.07, 6.45) is 7.20. The van der Waals surface area contributed by atoms with E-state index in [1.807, 2.05) is 0 Å². The maximum atomic E-state index is 13.0. The summed E-state index contributed by atoms with van der Waals surface area (Å²) in [7, 11) is -3.74. The Kier molecular flexibility index (Phi) is 5.64. The third-order valence-electron chi connectivity index (χ3n) is 5.83. The maximum absolute atomic E-state index is 13.0. The van der Waals surface area contributed by atoms with Gasteiger partial charge in [-0.05, 0) is 37.8 Å². The lowest BCUT2D eigenvalue weighted by Crippen LogP contribution is -2.39. The number of benzene rings is 1. The van der Waals surface area contributed by atoms with Crippen LogP contribution in [0.2, 0.25) is 0 Å². The number of rotatable bonds is 5. The first-order valence-corrected chi connectivity index (χ1v) is 11.5. The molecular formula is C19H24N4O5S. The summed E-state index contributed by atoms with van der Waals surface area (Å²) in [5.41, 5.74) is -0.137. The molecular weight excluding hydrogens is 396 g/mol. The second kappa shape index (κ2) is 8.19. The Morgan fingerprint density at radius 1 is 0.966 bits per heavy atom. The number of sulfonamides is 1. The van der Waals surface area contributed by atoms with Crippen molar-refractivity contribution >= 4 is 15.7 Å². The molecule has 0 spiro atoms. The molecule has 1 aliphatic heterocycles. The molecule has 2 heterocycles. The van der Waals surface area contributed by atoms with Gasteiger partial charge in [-0.2, -0.15) is 4.31 Å². The van der Waals surface area contributed by atoms with Gasteiger partial charge in [0.15, 0.2) is 0 Å². The zero-order chi connectivity index (χ0) is 20.4. The molecule has 2 fully saturated rings. The molecule has 1 aromatic carbocycles. The Morgan fingerprint density at radius 2 is 1.59 bits per heavy atom. The van der Waals surface area contributed by atoms with Gasteiger partial charge in [0.2, 0.25) is 21.8 Å². The number of nitrogens with zero attached hydrogens (tertiary/aromatic N) is 4. The molecule has 9 nitrogen and oxygen atoms in total. The Morgan fingerprint density at radius 3 is 2.24 bits per heavy atom. The van der Waals surface area contributed by atoms with Gasteiger partial charge in [-0.25, -0.2) is 8.42 Å². The smallest absolute Gasteiger partial charge is 0.269 e. The molecule has 1 atom stereocenters. The van der Waals surface area contributed by atoms with Crippen molar-refractivity contribution in [3.8, 4) is 0 Å². The van der Waals surface area contributed by atoms with Gasteiger partial charge in [-0.3, -0.25) is 10.1 Å². The van der Waals surface area contributed by atoms with Crippen LogP contribution < -0.4 is 0 Å². The Labute approximate surface area is 169 Å². The van der Waals surface area contributed by atoms with Crippen molar-refractivity contribution in [3.63, 3.8) is 0 Å². The molecule has 0 amide bonds. The topological polar surface area (TPSA) is 119 Å². The van der Waals surface area contributed by atoms with Crippen molar-refractivity contribution in [2.24, 2.45) is 0 Å². The Balaban J connectivity index is 1.49. The average Bonchev–Trinajstić information content (AvgIpc) is 3.25. The second-order valence-electron chi connectivity index (χ2n) is 7.77. The predicted molar refractivity (Wildman–Crippen MR) is 104 cm³/mol. The number of hydrogen-bond donors (Lipinski definition) is 0. The van der Waals surface area contributed by atoms with Crippen molar-refractivity contribution in [2.45, 2.75) is 61.7 Å². The summed E-state index contributed by atoms with van der Waals surface area (Å²) in [6, 6.07) is 4.99. The van der Waals surface area contributed by atoms with E-state index in [2.05, 4.69) is 10.2 Å². The Bertz CT molecular complexity index is 967. The molecule has 2 aliphatic rings. The maximum Gasteiger partial charge on any atom is 0.269 e. The van der Waals surface area contributed by atoms with E-state index in [4.69, 9.17) is 4.42 Å². The number of piperidine rings is 1. The van der Waals surface area contributed by atoms with E-state index in [9.17, 15) is 18.5 Å².